The molecule has 1 aromatic carbocycles. The van der Waals surface area contributed by atoms with E-state index in [9.17, 15) is 22.8 Å². The van der Waals surface area contributed by atoms with E-state index in [1.54, 1.807) is 14.1 Å². The number of carbonyl (C=O) groups excluding carboxylic acids is 1. The van der Waals surface area contributed by atoms with Crippen molar-refractivity contribution in [2.45, 2.75) is 26.1 Å². The first-order valence-electron chi connectivity index (χ1n) is 7.91. The highest BCUT2D eigenvalue weighted by atomic mass is 19.4. The fourth-order valence-corrected chi connectivity index (χ4v) is 2.28. The first kappa shape index (κ1) is 19.5. The Labute approximate surface area is 148 Å². The highest BCUT2D eigenvalue weighted by molar-refractivity contribution is 6.03. The van der Waals surface area contributed by atoms with Crippen molar-refractivity contribution < 1.29 is 18.0 Å². The van der Waals surface area contributed by atoms with Gasteiger partial charge >= 0.3 is 6.18 Å². The summed E-state index contributed by atoms with van der Waals surface area (Å²) < 4.78 is 41.1. The number of benzene rings is 1. The van der Waals surface area contributed by atoms with Gasteiger partial charge in [0.25, 0.3) is 11.5 Å². The number of hydrogen-bond acceptors (Lipinski definition) is 4. The fraction of sp³-hybridized carbons (Fsp3) is 0.353. The third-order valence-corrected chi connectivity index (χ3v) is 3.61. The van der Waals surface area contributed by atoms with Crippen molar-refractivity contribution in [2.75, 3.05) is 24.3 Å². The van der Waals surface area contributed by atoms with E-state index in [0.717, 1.165) is 16.8 Å². The van der Waals surface area contributed by atoms with E-state index >= 15 is 0 Å². The maximum atomic E-state index is 13.3. The first-order chi connectivity index (χ1) is 12.1. The molecule has 1 amide bonds. The number of halogens is 3. The van der Waals surface area contributed by atoms with Crippen molar-refractivity contribution in [1.29, 1.82) is 0 Å². The molecule has 2 rings (SSSR count). The normalized spacial score (nSPS) is 11.3. The minimum absolute atomic E-state index is 0.136. The smallest absolute Gasteiger partial charge is 0.378 e. The maximum Gasteiger partial charge on any atom is 0.418 e. The number of aryl methyl sites for hydroxylation is 1. The summed E-state index contributed by atoms with van der Waals surface area (Å²) in [5, 5.41) is 6.13. The Balaban J connectivity index is 2.37. The van der Waals surface area contributed by atoms with Crippen molar-refractivity contribution in [3.05, 3.63) is 51.9 Å². The lowest BCUT2D eigenvalue weighted by atomic mass is 10.1. The molecule has 0 fully saturated rings. The van der Waals surface area contributed by atoms with Gasteiger partial charge in [0, 0.05) is 32.4 Å². The van der Waals surface area contributed by atoms with E-state index in [-0.39, 0.29) is 16.9 Å². The zero-order valence-corrected chi connectivity index (χ0v) is 14.6. The number of nitrogens with zero attached hydrogens (tertiary/aromatic N) is 3. The predicted molar refractivity (Wildman–Crippen MR) is 92.5 cm³/mol. The summed E-state index contributed by atoms with van der Waals surface area (Å²) in [6, 6.07) is 5.97. The molecule has 0 unspecified atom stereocenters. The number of aromatic nitrogens is 2. The molecule has 0 saturated carbocycles. The van der Waals surface area contributed by atoms with Crippen LogP contribution in [0.4, 0.5) is 24.5 Å². The molecule has 1 heterocycles. The molecular weight excluding hydrogens is 349 g/mol. The van der Waals surface area contributed by atoms with Crippen LogP contribution >= 0.6 is 0 Å². The van der Waals surface area contributed by atoms with Gasteiger partial charge in [-0.1, -0.05) is 6.92 Å². The van der Waals surface area contributed by atoms with E-state index in [4.69, 9.17) is 0 Å². The molecule has 140 valence electrons. The molecule has 26 heavy (non-hydrogen) atoms. The Morgan fingerprint density at radius 3 is 2.50 bits per heavy atom. The Kier molecular flexibility index (Phi) is 5.69. The van der Waals surface area contributed by atoms with E-state index in [2.05, 4.69) is 10.4 Å². The summed E-state index contributed by atoms with van der Waals surface area (Å²) in [4.78, 5) is 25.5. The molecule has 0 aliphatic rings. The van der Waals surface area contributed by atoms with Crippen molar-refractivity contribution in [2.24, 2.45) is 0 Å². The third kappa shape index (κ3) is 4.41. The predicted octanol–water partition coefficient (Wildman–Crippen LogP) is 2.99. The molecule has 1 N–H and O–H groups in total. The Hall–Kier alpha value is -2.84. The van der Waals surface area contributed by atoms with Crippen molar-refractivity contribution in [3.8, 4) is 0 Å². The first-order valence-corrected chi connectivity index (χ1v) is 7.91. The van der Waals surface area contributed by atoms with Crippen LogP contribution in [0.1, 0.15) is 29.4 Å². The molecule has 1 aromatic heterocycles. The van der Waals surface area contributed by atoms with Gasteiger partial charge in [-0.3, -0.25) is 9.59 Å². The zero-order valence-electron chi connectivity index (χ0n) is 14.6. The lowest BCUT2D eigenvalue weighted by molar-refractivity contribution is -0.136. The van der Waals surface area contributed by atoms with Gasteiger partial charge in [0.05, 0.1) is 11.3 Å². The number of hydrogen-bond donors (Lipinski definition) is 1. The van der Waals surface area contributed by atoms with Gasteiger partial charge in [-0.2, -0.15) is 18.3 Å². The molecule has 9 heteroatoms. The van der Waals surface area contributed by atoms with Gasteiger partial charge in [0.2, 0.25) is 0 Å². The number of nitrogens with one attached hydrogen (secondary N) is 1. The van der Waals surface area contributed by atoms with Crippen LogP contribution in [0.2, 0.25) is 0 Å². The van der Waals surface area contributed by atoms with Crippen molar-refractivity contribution in [3.63, 3.8) is 0 Å². The van der Waals surface area contributed by atoms with Crippen LogP contribution in [0.3, 0.4) is 0 Å². The van der Waals surface area contributed by atoms with Crippen molar-refractivity contribution >= 4 is 17.3 Å². The summed E-state index contributed by atoms with van der Waals surface area (Å²) in [6.45, 7) is 2.15. The average Bonchev–Trinajstić information content (AvgIpc) is 2.56. The molecular formula is C17H19F3N4O2. The van der Waals surface area contributed by atoms with Crippen LogP contribution in [0.5, 0.6) is 0 Å². The van der Waals surface area contributed by atoms with Crippen LogP contribution < -0.4 is 15.8 Å². The number of alkyl halides is 3. The second kappa shape index (κ2) is 7.59. The summed E-state index contributed by atoms with van der Waals surface area (Å²) in [5.74, 6) is -0.821. The van der Waals surface area contributed by atoms with Gasteiger partial charge in [0.15, 0.2) is 0 Å². The largest absolute Gasteiger partial charge is 0.418 e. The highest BCUT2D eigenvalue weighted by Gasteiger charge is 2.34. The minimum Gasteiger partial charge on any atom is -0.378 e. The summed E-state index contributed by atoms with van der Waals surface area (Å²) >= 11 is 0. The minimum atomic E-state index is -4.64. The Bertz CT molecular complexity index is 860. The molecule has 0 atom stereocenters. The van der Waals surface area contributed by atoms with E-state index in [1.165, 1.54) is 23.1 Å². The SMILES string of the molecule is CCCn1nc(C(=O)Nc2ccc(N(C)C)cc2C(F)(F)F)ccc1=O. The summed E-state index contributed by atoms with van der Waals surface area (Å²) in [6.07, 6.45) is -4.01. The lowest BCUT2D eigenvalue weighted by Crippen LogP contribution is -2.26. The highest BCUT2D eigenvalue weighted by Crippen LogP contribution is 2.37. The standard InChI is InChI=1S/C17H19F3N4O2/c1-4-9-24-15(25)8-7-14(22-24)16(26)21-13-6-5-11(23(2)3)10-12(13)17(18,19)20/h5-8,10H,4,9H2,1-3H3,(H,21,26). The molecule has 0 aliphatic heterocycles. The monoisotopic (exact) mass is 368 g/mol. The zero-order chi connectivity index (χ0) is 19.5. The summed E-state index contributed by atoms with van der Waals surface area (Å²) in [7, 11) is 3.24. The van der Waals surface area contributed by atoms with Crippen LogP contribution in [-0.4, -0.2) is 29.8 Å². The van der Waals surface area contributed by atoms with Crippen molar-refractivity contribution in [1.82, 2.24) is 9.78 Å². The maximum absolute atomic E-state index is 13.3. The number of carbonyl (C=O) groups is 1. The number of amides is 1. The number of anilines is 2. The van der Waals surface area contributed by atoms with E-state index < -0.39 is 17.6 Å². The number of rotatable bonds is 5. The Morgan fingerprint density at radius 2 is 1.92 bits per heavy atom. The molecule has 2 aromatic rings. The average molecular weight is 368 g/mol. The molecule has 0 radical (unpaired) electrons. The van der Waals surface area contributed by atoms with E-state index in [1.807, 2.05) is 6.92 Å². The van der Waals surface area contributed by atoms with Gasteiger partial charge in [-0.15, -0.1) is 0 Å². The van der Waals surface area contributed by atoms with Crippen LogP contribution in [-0.2, 0) is 12.7 Å². The summed E-state index contributed by atoms with van der Waals surface area (Å²) in [5.41, 5.74) is -1.50. The van der Waals surface area contributed by atoms with Crippen LogP contribution in [0, 0.1) is 0 Å². The molecule has 0 spiro atoms. The van der Waals surface area contributed by atoms with Crippen LogP contribution in [0.25, 0.3) is 0 Å². The third-order valence-electron chi connectivity index (χ3n) is 3.61. The van der Waals surface area contributed by atoms with Gasteiger partial charge in [0.1, 0.15) is 5.69 Å². The fourth-order valence-electron chi connectivity index (χ4n) is 2.28. The topological polar surface area (TPSA) is 67.2 Å². The second-order valence-corrected chi connectivity index (χ2v) is 5.86. The molecule has 0 aliphatic carbocycles. The molecule has 0 bridgehead atoms. The Morgan fingerprint density at radius 1 is 1.23 bits per heavy atom. The van der Waals surface area contributed by atoms with Gasteiger partial charge in [-0.05, 0) is 30.7 Å². The van der Waals surface area contributed by atoms with E-state index in [0.29, 0.717) is 18.7 Å². The molecule has 6 nitrogen and oxygen atoms in total. The lowest BCUT2D eigenvalue weighted by Gasteiger charge is -2.18. The van der Waals surface area contributed by atoms with Gasteiger partial charge < -0.3 is 10.2 Å². The second-order valence-electron chi connectivity index (χ2n) is 5.86. The molecule has 0 saturated heterocycles. The van der Waals surface area contributed by atoms with Gasteiger partial charge in [-0.25, -0.2) is 4.68 Å². The quantitative estimate of drug-likeness (QED) is 0.881. The van der Waals surface area contributed by atoms with Crippen LogP contribution in [0.15, 0.2) is 35.1 Å².